The van der Waals surface area contributed by atoms with Gasteiger partial charge >= 0.3 is 0 Å². The van der Waals surface area contributed by atoms with Gasteiger partial charge in [-0.1, -0.05) is 12.1 Å². The van der Waals surface area contributed by atoms with Gasteiger partial charge in [-0.15, -0.1) is 0 Å². The summed E-state index contributed by atoms with van der Waals surface area (Å²) in [7, 11) is 0. The predicted octanol–water partition coefficient (Wildman–Crippen LogP) is 2.67. The van der Waals surface area contributed by atoms with Crippen LogP contribution in [0.3, 0.4) is 0 Å². The monoisotopic (exact) mass is 264 g/mol. The lowest BCUT2D eigenvalue weighted by atomic mass is 10.3. The molecule has 0 amide bonds. The van der Waals surface area contributed by atoms with Crippen molar-refractivity contribution in [2.24, 2.45) is 0 Å². The Morgan fingerprint density at radius 1 is 1.27 bits per heavy atom. The van der Waals surface area contributed by atoms with E-state index in [0.29, 0.717) is 13.2 Å². The van der Waals surface area contributed by atoms with Crippen molar-refractivity contribution in [3.63, 3.8) is 0 Å². The third-order valence-electron chi connectivity index (χ3n) is 2.53. The Morgan fingerprint density at radius 2 is 2.13 bits per heavy atom. The number of hydrogen-bond acceptors (Lipinski definition) is 2. The van der Waals surface area contributed by atoms with Crippen molar-refractivity contribution in [2.75, 3.05) is 0 Å². The molecule has 0 atom stereocenters. The summed E-state index contributed by atoms with van der Waals surface area (Å²) in [6.45, 7) is 1.33. The molecule has 2 aromatic rings. The Hall–Kier alpha value is -1.13. The highest BCUT2D eigenvalue weighted by atomic mass is 79.9. The lowest BCUT2D eigenvalue weighted by Crippen LogP contribution is -2.01. The third kappa shape index (κ3) is 1.41. The van der Waals surface area contributed by atoms with Gasteiger partial charge in [0.15, 0.2) is 0 Å². The van der Waals surface area contributed by atoms with Crippen LogP contribution in [0.4, 0.5) is 0 Å². The molecule has 0 saturated carbocycles. The Kier molecular flexibility index (Phi) is 2.11. The number of fused-ring (bicyclic) bond motifs is 1. The van der Waals surface area contributed by atoms with Crippen molar-refractivity contribution in [2.45, 2.75) is 13.2 Å². The molecule has 0 saturated heterocycles. The molecule has 1 aliphatic rings. The molecule has 1 aromatic carbocycles. The number of aromatic nitrogens is 2. The fraction of sp³-hybridized carbons (Fsp3) is 0.182. The van der Waals surface area contributed by atoms with Crippen molar-refractivity contribution < 1.29 is 4.74 Å². The summed E-state index contributed by atoms with van der Waals surface area (Å²) in [5.74, 6) is 0. The Morgan fingerprint density at radius 3 is 3.00 bits per heavy atom. The maximum atomic E-state index is 5.38. The molecule has 0 aliphatic carbocycles. The molecule has 0 spiro atoms. The smallest absolute Gasteiger partial charge is 0.0897 e. The van der Waals surface area contributed by atoms with Gasteiger partial charge in [0.2, 0.25) is 0 Å². The standard InChI is InChI=1S/C11H9BrN2O/c12-9-3-1-2-4-10(9)14-11-7-15-6-8(11)5-13-14/h1-5H,6-7H2. The van der Waals surface area contributed by atoms with E-state index in [4.69, 9.17) is 4.74 Å². The van der Waals surface area contributed by atoms with E-state index in [1.54, 1.807) is 0 Å². The molecular weight excluding hydrogens is 256 g/mol. The van der Waals surface area contributed by atoms with Gasteiger partial charge in [-0.2, -0.15) is 5.10 Å². The summed E-state index contributed by atoms with van der Waals surface area (Å²) in [6, 6.07) is 8.05. The fourth-order valence-corrected chi connectivity index (χ4v) is 2.22. The summed E-state index contributed by atoms with van der Waals surface area (Å²) in [6.07, 6.45) is 1.88. The normalized spacial score (nSPS) is 14.2. The van der Waals surface area contributed by atoms with E-state index in [0.717, 1.165) is 15.9 Å². The van der Waals surface area contributed by atoms with Crippen molar-refractivity contribution in [1.82, 2.24) is 9.78 Å². The van der Waals surface area contributed by atoms with Crippen LogP contribution in [0.5, 0.6) is 0 Å². The molecule has 0 bridgehead atoms. The number of nitrogens with zero attached hydrogens (tertiary/aromatic N) is 2. The van der Waals surface area contributed by atoms with E-state index in [2.05, 4.69) is 21.0 Å². The second-order valence-electron chi connectivity index (χ2n) is 3.47. The first-order valence-corrected chi connectivity index (χ1v) is 5.54. The summed E-state index contributed by atoms with van der Waals surface area (Å²) in [4.78, 5) is 0. The van der Waals surface area contributed by atoms with Gasteiger partial charge in [-0.05, 0) is 28.1 Å². The molecule has 1 aromatic heterocycles. The van der Waals surface area contributed by atoms with Crippen molar-refractivity contribution in [1.29, 1.82) is 0 Å². The molecule has 15 heavy (non-hydrogen) atoms. The lowest BCUT2D eigenvalue weighted by molar-refractivity contribution is 0.130. The highest BCUT2D eigenvalue weighted by molar-refractivity contribution is 9.10. The van der Waals surface area contributed by atoms with Crippen LogP contribution in [-0.2, 0) is 18.0 Å². The summed E-state index contributed by atoms with van der Waals surface area (Å²) in [5.41, 5.74) is 3.40. The highest BCUT2D eigenvalue weighted by Gasteiger charge is 2.18. The quantitative estimate of drug-likeness (QED) is 0.792. The van der Waals surface area contributed by atoms with E-state index in [-0.39, 0.29) is 0 Å². The molecule has 1 aliphatic heterocycles. The van der Waals surface area contributed by atoms with Gasteiger partial charge in [0.05, 0.1) is 30.8 Å². The SMILES string of the molecule is Brc1ccccc1-n1ncc2c1COC2. The second kappa shape index (κ2) is 3.47. The van der Waals surface area contributed by atoms with Crippen LogP contribution in [-0.4, -0.2) is 9.78 Å². The zero-order valence-electron chi connectivity index (χ0n) is 7.98. The third-order valence-corrected chi connectivity index (χ3v) is 3.20. The molecule has 3 nitrogen and oxygen atoms in total. The van der Waals surface area contributed by atoms with Gasteiger partial charge in [0.1, 0.15) is 0 Å². The van der Waals surface area contributed by atoms with Gasteiger partial charge in [0.25, 0.3) is 0 Å². The van der Waals surface area contributed by atoms with Gasteiger partial charge in [0, 0.05) is 10.0 Å². The van der Waals surface area contributed by atoms with Crippen LogP contribution in [0, 0.1) is 0 Å². The first-order valence-electron chi connectivity index (χ1n) is 4.74. The number of ether oxygens (including phenoxy) is 1. The lowest BCUT2D eigenvalue weighted by Gasteiger charge is -2.06. The molecule has 3 rings (SSSR count). The average molecular weight is 265 g/mol. The zero-order chi connectivity index (χ0) is 10.3. The fourth-order valence-electron chi connectivity index (χ4n) is 1.77. The molecule has 0 fully saturated rings. The van der Waals surface area contributed by atoms with E-state index >= 15 is 0 Å². The average Bonchev–Trinajstić information content (AvgIpc) is 2.80. The van der Waals surface area contributed by atoms with E-state index in [9.17, 15) is 0 Å². The first kappa shape index (κ1) is 9.12. The minimum atomic E-state index is 0.649. The molecule has 0 radical (unpaired) electrons. The Balaban J connectivity index is 2.17. The van der Waals surface area contributed by atoms with Gasteiger partial charge in [-0.3, -0.25) is 0 Å². The molecule has 0 N–H and O–H groups in total. The topological polar surface area (TPSA) is 27.1 Å². The van der Waals surface area contributed by atoms with Crippen molar-refractivity contribution in [3.8, 4) is 5.69 Å². The van der Waals surface area contributed by atoms with Crippen molar-refractivity contribution in [3.05, 3.63) is 46.2 Å². The minimum absolute atomic E-state index is 0.649. The van der Waals surface area contributed by atoms with Crippen LogP contribution >= 0.6 is 15.9 Å². The van der Waals surface area contributed by atoms with Crippen LogP contribution in [0.2, 0.25) is 0 Å². The number of hydrogen-bond donors (Lipinski definition) is 0. The molecular formula is C11H9BrN2O. The van der Waals surface area contributed by atoms with Crippen LogP contribution in [0.15, 0.2) is 34.9 Å². The summed E-state index contributed by atoms with van der Waals surface area (Å²) in [5, 5.41) is 4.38. The zero-order valence-corrected chi connectivity index (χ0v) is 9.57. The number of halogens is 1. The molecule has 2 heterocycles. The van der Waals surface area contributed by atoms with Crippen LogP contribution < -0.4 is 0 Å². The van der Waals surface area contributed by atoms with E-state index in [1.807, 2.05) is 35.1 Å². The maximum Gasteiger partial charge on any atom is 0.0897 e. The molecule has 0 unspecified atom stereocenters. The van der Waals surface area contributed by atoms with Gasteiger partial charge < -0.3 is 4.74 Å². The highest BCUT2D eigenvalue weighted by Crippen LogP contribution is 2.26. The predicted molar refractivity (Wildman–Crippen MR) is 59.8 cm³/mol. The molecule has 76 valence electrons. The Bertz CT molecular complexity index is 507. The van der Waals surface area contributed by atoms with Crippen molar-refractivity contribution >= 4 is 15.9 Å². The number of para-hydroxylation sites is 1. The van der Waals surface area contributed by atoms with E-state index < -0.39 is 0 Å². The largest absolute Gasteiger partial charge is 0.370 e. The summed E-state index contributed by atoms with van der Waals surface area (Å²) >= 11 is 3.52. The number of rotatable bonds is 1. The maximum absolute atomic E-state index is 5.38. The number of benzene rings is 1. The van der Waals surface area contributed by atoms with Gasteiger partial charge in [-0.25, -0.2) is 4.68 Å². The molecule has 4 heteroatoms. The summed E-state index contributed by atoms with van der Waals surface area (Å²) < 4.78 is 8.36. The van der Waals surface area contributed by atoms with E-state index in [1.165, 1.54) is 5.56 Å². The first-order chi connectivity index (χ1) is 7.36. The minimum Gasteiger partial charge on any atom is -0.370 e. The Labute approximate surface area is 95.8 Å². The second-order valence-corrected chi connectivity index (χ2v) is 4.33. The van der Waals surface area contributed by atoms with Crippen LogP contribution in [0.1, 0.15) is 11.3 Å². The van der Waals surface area contributed by atoms with Crippen LogP contribution in [0.25, 0.3) is 5.69 Å².